The van der Waals surface area contributed by atoms with Crippen molar-refractivity contribution in [1.82, 2.24) is 14.9 Å². The quantitative estimate of drug-likeness (QED) is 0.602. The number of carbonyl (C=O) groups excluding carboxylic acids is 1. The molecule has 0 spiro atoms. The van der Waals surface area contributed by atoms with Crippen molar-refractivity contribution in [1.29, 1.82) is 0 Å². The van der Waals surface area contributed by atoms with Crippen LogP contribution in [0.1, 0.15) is 48.1 Å². The van der Waals surface area contributed by atoms with Gasteiger partial charge in [0.2, 0.25) is 0 Å². The van der Waals surface area contributed by atoms with Crippen molar-refractivity contribution in [2.24, 2.45) is 5.92 Å². The van der Waals surface area contributed by atoms with Crippen molar-refractivity contribution in [3.63, 3.8) is 0 Å². The lowest BCUT2D eigenvalue weighted by molar-refractivity contribution is -0.0594. The fourth-order valence-corrected chi connectivity index (χ4v) is 5.32. The van der Waals surface area contributed by atoms with Gasteiger partial charge in [-0.15, -0.1) is 11.3 Å². The molecule has 0 aliphatic carbocycles. The second kappa shape index (κ2) is 8.05. The third-order valence-electron chi connectivity index (χ3n) is 6.17. The Hall–Kier alpha value is -2.64. The van der Waals surface area contributed by atoms with E-state index >= 15 is 0 Å². The molecule has 0 saturated carbocycles. The van der Waals surface area contributed by atoms with E-state index in [-0.39, 0.29) is 11.4 Å². The van der Waals surface area contributed by atoms with Crippen molar-refractivity contribution in [2.45, 2.75) is 45.6 Å². The predicted octanol–water partition coefficient (Wildman–Crippen LogP) is 4.43. The number of hydrogen-bond donors (Lipinski definition) is 1. The van der Waals surface area contributed by atoms with Crippen LogP contribution in [0.3, 0.4) is 0 Å². The zero-order valence-corrected chi connectivity index (χ0v) is 19.8. The molecule has 7 heteroatoms. The van der Waals surface area contributed by atoms with Gasteiger partial charge in [-0.3, -0.25) is 9.36 Å². The number of aryl methyl sites for hydroxylation is 1. The summed E-state index contributed by atoms with van der Waals surface area (Å²) in [5.74, 6) is 2.16. The predicted molar refractivity (Wildman–Crippen MR) is 126 cm³/mol. The highest BCUT2D eigenvalue weighted by Crippen LogP contribution is 2.38. The average Bonchev–Trinajstić information content (AvgIpc) is 3.39. The number of carbonyl (C=O) groups is 1. The van der Waals surface area contributed by atoms with Crippen molar-refractivity contribution in [3.8, 4) is 22.1 Å². The van der Waals surface area contributed by atoms with Gasteiger partial charge < -0.3 is 14.8 Å². The number of nitrogens with zero attached hydrogens (tertiary/aromatic N) is 2. The highest BCUT2D eigenvalue weighted by molar-refractivity contribution is 7.13. The maximum atomic E-state index is 13.3. The Morgan fingerprint density at radius 2 is 2.16 bits per heavy atom. The van der Waals surface area contributed by atoms with Gasteiger partial charge in [-0.25, -0.2) is 4.98 Å². The summed E-state index contributed by atoms with van der Waals surface area (Å²) in [6.07, 6.45) is 2.54. The first-order valence-corrected chi connectivity index (χ1v) is 12.0. The summed E-state index contributed by atoms with van der Waals surface area (Å²) in [4.78, 5) is 19.2. The summed E-state index contributed by atoms with van der Waals surface area (Å²) in [6, 6.07) is 8.49. The van der Waals surface area contributed by atoms with E-state index in [2.05, 4.69) is 41.9 Å². The molecule has 2 aliphatic heterocycles. The molecule has 1 saturated heterocycles. The highest BCUT2D eigenvalue weighted by atomic mass is 32.1. The third-order valence-corrected chi connectivity index (χ3v) is 7.03. The van der Waals surface area contributed by atoms with Crippen molar-refractivity contribution >= 4 is 17.2 Å². The maximum absolute atomic E-state index is 13.3. The fraction of sp³-hybridized carbons (Fsp3) is 0.440. The molecule has 6 nitrogen and oxygen atoms in total. The van der Waals surface area contributed by atoms with Crippen molar-refractivity contribution in [2.75, 3.05) is 20.3 Å². The lowest BCUT2D eigenvalue weighted by Gasteiger charge is -2.38. The minimum atomic E-state index is -0.318. The Morgan fingerprint density at radius 3 is 2.78 bits per heavy atom. The molecule has 1 amide bonds. The molecule has 1 aromatic carbocycles. The molecule has 0 atom stereocenters. The number of methoxy groups -OCH3 is 1. The van der Waals surface area contributed by atoms with Crippen LogP contribution in [0, 0.1) is 5.92 Å². The number of nitrogens with one attached hydrogen (secondary N) is 1. The van der Waals surface area contributed by atoms with Gasteiger partial charge in [0.15, 0.2) is 11.5 Å². The van der Waals surface area contributed by atoms with Gasteiger partial charge in [0, 0.05) is 0 Å². The van der Waals surface area contributed by atoms with E-state index in [0.717, 1.165) is 47.1 Å². The van der Waals surface area contributed by atoms with Crippen molar-refractivity contribution in [3.05, 3.63) is 52.2 Å². The molecular formula is C25H29N3O3S. The molecule has 168 valence electrons. The summed E-state index contributed by atoms with van der Waals surface area (Å²) in [5.41, 5.74) is 4.70. The van der Waals surface area contributed by atoms with Crippen LogP contribution in [0.4, 0.5) is 0 Å². The molecule has 4 heterocycles. The first-order valence-electron chi connectivity index (χ1n) is 11.1. The molecule has 2 aromatic heterocycles. The largest absolute Gasteiger partial charge is 0.496 e. The van der Waals surface area contributed by atoms with Crippen LogP contribution >= 0.6 is 11.3 Å². The van der Waals surface area contributed by atoms with Crippen molar-refractivity contribution < 1.29 is 14.3 Å². The third kappa shape index (κ3) is 3.63. The Kier molecular flexibility index (Phi) is 5.34. The first kappa shape index (κ1) is 21.2. The minimum absolute atomic E-state index is 0.123. The van der Waals surface area contributed by atoms with Gasteiger partial charge in [-0.1, -0.05) is 19.9 Å². The standard InChI is InChI=1S/C25H29N3O3S/c1-15(2)10-17-11-19-16(12-20(17)30-4)7-8-18-22(24(29)27-25(3)13-31-14-25)26-23(28(18)19)21-6-5-9-32-21/h5-6,9,11-12,15H,7-8,10,13-14H2,1-4H3,(H,27,29). The molecule has 32 heavy (non-hydrogen) atoms. The summed E-state index contributed by atoms with van der Waals surface area (Å²) < 4.78 is 13.2. The molecule has 0 radical (unpaired) electrons. The number of ether oxygens (including phenoxy) is 2. The normalized spacial score (nSPS) is 16.3. The van der Waals surface area contributed by atoms with Gasteiger partial charge >= 0.3 is 0 Å². The van der Waals surface area contributed by atoms with E-state index in [1.807, 2.05) is 18.4 Å². The number of fused-ring (bicyclic) bond motifs is 3. The van der Waals surface area contributed by atoms with Crippen LogP contribution in [0.25, 0.3) is 16.4 Å². The van der Waals surface area contributed by atoms with Crippen LogP contribution in [0.15, 0.2) is 29.6 Å². The Balaban J connectivity index is 1.66. The molecule has 5 rings (SSSR count). The van der Waals surface area contributed by atoms with E-state index < -0.39 is 0 Å². The Labute approximate surface area is 192 Å². The lowest BCUT2D eigenvalue weighted by Crippen LogP contribution is -2.60. The molecule has 0 unspecified atom stereocenters. The van der Waals surface area contributed by atoms with Crippen LogP contribution in [-0.2, 0) is 24.0 Å². The summed E-state index contributed by atoms with van der Waals surface area (Å²) in [6.45, 7) is 7.51. The topological polar surface area (TPSA) is 65.4 Å². The Bertz CT molecular complexity index is 1160. The first-order chi connectivity index (χ1) is 15.4. The molecule has 0 bridgehead atoms. The highest BCUT2D eigenvalue weighted by Gasteiger charge is 2.37. The van der Waals surface area contributed by atoms with E-state index in [9.17, 15) is 4.79 Å². The number of imidazole rings is 1. The molecular weight excluding hydrogens is 422 g/mol. The van der Waals surface area contributed by atoms with Gasteiger partial charge in [0.1, 0.15) is 5.75 Å². The number of thiophene rings is 1. The molecule has 1 fully saturated rings. The monoisotopic (exact) mass is 451 g/mol. The number of hydrogen-bond acceptors (Lipinski definition) is 5. The average molecular weight is 452 g/mol. The molecule has 2 aliphatic rings. The van der Waals surface area contributed by atoms with Crippen LogP contribution < -0.4 is 10.1 Å². The van der Waals surface area contributed by atoms with Gasteiger partial charge in [0.05, 0.1) is 42.1 Å². The zero-order chi connectivity index (χ0) is 22.5. The van der Waals surface area contributed by atoms with Crippen LogP contribution in [0.2, 0.25) is 0 Å². The molecule has 1 N–H and O–H groups in total. The summed E-state index contributed by atoms with van der Waals surface area (Å²) in [5, 5.41) is 5.19. The van der Waals surface area contributed by atoms with E-state index in [4.69, 9.17) is 14.5 Å². The van der Waals surface area contributed by atoms with Gasteiger partial charge in [0.25, 0.3) is 5.91 Å². The molecule has 3 aromatic rings. The second-order valence-electron chi connectivity index (χ2n) is 9.44. The Morgan fingerprint density at radius 1 is 1.34 bits per heavy atom. The fourth-order valence-electron chi connectivity index (χ4n) is 4.62. The van der Waals surface area contributed by atoms with E-state index in [0.29, 0.717) is 24.8 Å². The van der Waals surface area contributed by atoms with Gasteiger partial charge in [-0.05, 0) is 66.8 Å². The number of benzene rings is 1. The smallest absolute Gasteiger partial charge is 0.272 e. The number of aromatic nitrogens is 2. The van der Waals surface area contributed by atoms with Crippen LogP contribution in [-0.4, -0.2) is 41.3 Å². The minimum Gasteiger partial charge on any atom is -0.496 e. The van der Waals surface area contributed by atoms with Crippen LogP contribution in [0.5, 0.6) is 5.75 Å². The SMILES string of the molecule is COc1cc2c(cc1CC(C)C)-n1c(-c3cccs3)nc(C(=O)NC3(C)COC3)c1CC2. The second-order valence-corrected chi connectivity index (χ2v) is 10.4. The zero-order valence-electron chi connectivity index (χ0n) is 19.0. The summed E-state index contributed by atoms with van der Waals surface area (Å²) >= 11 is 1.64. The van der Waals surface area contributed by atoms with E-state index in [1.54, 1.807) is 18.4 Å². The number of amides is 1. The van der Waals surface area contributed by atoms with E-state index in [1.165, 1.54) is 11.1 Å². The number of rotatable bonds is 6. The lowest BCUT2D eigenvalue weighted by atomic mass is 9.94. The van der Waals surface area contributed by atoms with Gasteiger partial charge in [-0.2, -0.15) is 0 Å². The maximum Gasteiger partial charge on any atom is 0.272 e. The summed E-state index contributed by atoms with van der Waals surface area (Å²) in [7, 11) is 1.74.